The summed E-state index contributed by atoms with van der Waals surface area (Å²) in [6.07, 6.45) is 4.49. The Morgan fingerprint density at radius 3 is 2.08 bits per heavy atom. The van der Waals surface area contributed by atoms with Crippen LogP contribution in [-0.4, -0.2) is 22.8 Å². The monoisotopic (exact) mass is 172 g/mol. The van der Waals surface area contributed by atoms with Crippen molar-refractivity contribution in [3.8, 4) is 0 Å². The molecule has 0 unspecified atom stereocenters. The first-order chi connectivity index (χ1) is 5.58. The molecule has 3 heteroatoms. The average molecular weight is 172 g/mol. The third-order valence-corrected chi connectivity index (χ3v) is 1.02. The molecule has 0 fully saturated rings. The maximum Gasteiger partial charge on any atom is 0.300 e. The second kappa shape index (κ2) is 9.91. The van der Waals surface area contributed by atoms with Crippen molar-refractivity contribution >= 4 is 5.97 Å². The zero-order valence-corrected chi connectivity index (χ0v) is 7.58. The molecule has 3 nitrogen and oxygen atoms in total. The Balaban J connectivity index is 0. The lowest BCUT2D eigenvalue weighted by atomic mass is 10.2. The Labute approximate surface area is 73.0 Å². The number of hydrogen-bond donors (Lipinski definition) is 2. The van der Waals surface area contributed by atoms with E-state index in [0.29, 0.717) is 0 Å². The first-order valence-electron chi connectivity index (χ1n) is 3.63. The summed E-state index contributed by atoms with van der Waals surface area (Å²) in [6, 6.07) is 0. The van der Waals surface area contributed by atoms with Crippen molar-refractivity contribution in [3.63, 3.8) is 0 Å². The minimum Gasteiger partial charge on any atom is -0.481 e. The van der Waals surface area contributed by atoms with Crippen molar-refractivity contribution in [1.82, 2.24) is 0 Å². The van der Waals surface area contributed by atoms with Gasteiger partial charge in [-0.25, -0.2) is 0 Å². The predicted octanol–water partition coefficient (Wildman–Crippen LogP) is 1.59. The number of carboxylic acids is 1. The lowest BCUT2D eigenvalue weighted by molar-refractivity contribution is -0.134. The first-order valence-corrected chi connectivity index (χ1v) is 3.63. The van der Waals surface area contributed by atoms with Crippen LogP contribution in [0.1, 0.15) is 20.3 Å². The number of carboxylic acid groups (broad SMARTS) is 1. The van der Waals surface area contributed by atoms with Gasteiger partial charge in [0.25, 0.3) is 5.97 Å². The molecular weight excluding hydrogens is 156 g/mol. The van der Waals surface area contributed by atoms with Gasteiger partial charge in [-0.05, 0) is 18.9 Å². The summed E-state index contributed by atoms with van der Waals surface area (Å²) >= 11 is 0. The number of allylic oxidation sites excluding steroid dienone is 2. The largest absolute Gasteiger partial charge is 0.481 e. The summed E-state index contributed by atoms with van der Waals surface area (Å²) in [5, 5.41) is 16.0. The van der Waals surface area contributed by atoms with Crippen LogP contribution in [0.2, 0.25) is 0 Å². The van der Waals surface area contributed by atoms with E-state index in [1.165, 1.54) is 0 Å². The third kappa shape index (κ3) is 16.0. The fourth-order valence-electron chi connectivity index (χ4n) is 0.459. The van der Waals surface area contributed by atoms with E-state index in [1.54, 1.807) is 6.08 Å². The van der Waals surface area contributed by atoms with E-state index in [9.17, 15) is 0 Å². The molecule has 0 aromatic rings. The van der Waals surface area contributed by atoms with Crippen molar-refractivity contribution in [2.24, 2.45) is 0 Å². The van der Waals surface area contributed by atoms with Crippen LogP contribution in [0.25, 0.3) is 0 Å². The molecule has 0 aromatic carbocycles. The molecule has 2 N–H and O–H groups in total. The molecule has 0 rings (SSSR count). The molecule has 0 spiro atoms. The zero-order chi connectivity index (χ0) is 9.98. The zero-order valence-electron chi connectivity index (χ0n) is 7.58. The van der Waals surface area contributed by atoms with Crippen LogP contribution in [0.4, 0.5) is 0 Å². The lowest BCUT2D eigenvalue weighted by Gasteiger charge is -1.94. The normalized spacial score (nSPS) is 9.75. The van der Waals surface area contributed by atoms with Gasteiger partial charge in [0.05, 0.1) is 6.61 Å². The van der Waals surface area contributed by atoms with Crippen molar-refractivity contribution < 1.29 is 15.0 Å². The molecule has 70 valence electrons. The van der Waals surface area contributed by atoms with E-state index >= 15 is 0 Å². The summed E-state index contributed by atoms with van der Waals surface area (Å²) in [4.78, 5) is 9.00. The standard InChI is InChI=1S/C7H12O.C2H4O2/c1-3-5-7(4-2)6-8;1-2(3)4/h3-4,8H,1,5-6H2,2H3;1H3,(H,3,4). The summed E-state index contributed by atoms with van der Waals surface area (Å²) in [6.45, 7) is 6.69. The number of hydrogen-bond acceptors (Lipinski definition) is 2. The maximum absolute atomic E-state index is 9.00. The molecule has 0 aliphatic carbocycles. The van der Waals surface area contributed by atoms with Crippen LogP contribution >= 0.6 is 0 Å². The number of rotatable bonds is 3. The van der Waals surface area contributed by atoms with Gasteiger partial charge in [0.2, 0.25) is 0 Å². The molecule has 0 amide bonds. The molecule has 0 aliphatic rings. The number of aliphatic hydroxyl groups is 1. The second-order valence-corrected chi connectivity index (χ2v) is 2.12. The Bertz CT molecular complexity index is 155. The highest BCUT2D eigenvalue weighted by Gasteiger charge is 1.85. The quantitative estimate of drug-likeness (QED) is 0.635. The number of aliphatic carboxylic acids is 1. The van der Waals surface area contributed by atoms with Crippen LogP contribution in [0.5, 0.6) is 0 Å². The first kappa shape index (κ1) is 13.5. The topological polar surface area (TPSA) is 57.5 Å². The molecule has 0 aromatic heterocycles. The van der Waals surface area contributed by atoms with Gasteiger partial charge >= 0.3 is 0 Å². The minimum atomic E-state index is -0.833. The Morgan fingerprint density at radius 2 is 2.00 bits per heavy atom. The van der Waals surface area contributed by atoms with E-state index in [2.05, 4.69) is 6.58 Å². The molecule has 0 aliphatic heterocycles. The van der Waals surface area contributed by atoms with Crippen LogP contribution in [0.3, 0.4) is 0 Å². The van der Waals surface area contributed by atoms with Gasteiger partial charge in [0.15, 0.2) is 0 Å². The minimum absolute atomic E-state index is 0.155. The van der Waals surface area contributed by atoms with Gasteiger partial charge < -0.3 is 10.2 Å². The summed E-state index contributed by atoms with van der Waals surface area (Å²) in [5.74, 6) is -0.833. The maximum atomic E-state index is 9.00. The predicted molar refractivity (Wildman–Crippen MR) is 49.0 cm³/mol. The Morgan fingerprint density at radius 1 is 1.58 bits per heavy atom. The number of carbonyl (C=O) groups is 1. The summed E-state index contributed by atoms with van der Waals surface area (Å²) in [7, 11) is 0. The number of aliphatic hydroxyl groups excluding tert-OH is 1. The van der Waals surface area contributed by atoms with Crippen LogP contribution in [0.15, 0.2) is 24.3 Å². The average Bonchev–Trinajstić information content (AvgIpc) is 1.99. The molecule has 0 saturated heterocycles. The van der Waals surface area contributed by atoms with Crippen molar-refractivity contribution in [3.05, 3.63) is 24.3 Å². The van der Waals surface area contributed by atoms with E-state index in [-0.39, 0.29) is 6.61 Å². The highest BCUT2D eigenvalue weighted by Crippen LogP contribution is 1.98. The van der Waals surface area contributed by atoms with Gasteiger partial charge in [0.1, 0.15) is 0 Å². The summed E-state index contributed by atoms with van der Waals surface area (Å²) in [5.41, 5.74) is 1.03. The van der Waals surface area contributed by atoms with E-state index in [0.717, 1.165) is 18.9 Å². The molecule has 0 atom stereocenters. The van der Waals surface area contributed by atoms with Crippen LogP contribution < -0.4 is 0 Å². The second-order valence-electron chi connectivity index (χ2n) is 2.12. The highest BCUT2D eigenvalue weighted by molar-refractivity contribution is 5.62. The SMILES string of the molecule is C=CCC(=CC)CO.CC(=O)O. The fourth-order valence-corrected chi connectivity index (χ4v) is 0.459. The van der Waals surface area contributed by atoms with Gasteiger partial charge in [-0.3, -0.25) is 4.79 Å². The van der Waals surface area contributed by atoms with Crippen molar-refractivity contribution in [1.29, 1.82) is 0 Å². The van der Waals surface area contributed by atoms with Gasteiger partial charge in [-0.1, -0.05) is 12.2 Å². The molecule has 0 radical (unpaired) electrons. The Kier molecular flexibility index (Phi) is 11.1. The smallest absolute Gasteiger partial charge is 0.300 e. The lowest BCUT2D eigenvalue weighted by Crippen LogP contribution is -1.86. The van der Waals surface area contributed by atoms with E-state index in [4.69, 9.17) is 15.0 Å². The van der Waals surface area contributed by atoms with Crippen LogP contribution in [-0.2, 0) is 4.79 Å². The van der Waals surface area contributed by atoms with Gasteiger partial charge in [0, 0.05) is 6.92 Å². The molecule has 0 heterocycles. The van der Waals surface area contributed by atoms with Crippen molar-refractivity contribution in [2.45, 2.75) is 20.3 Å². The van der Waals surface area contributed by atoms with Gasteiger partial charge in [-0.2, -0.15) is 0 Å². The third-order valence-electron chi connectivity index (χ3n) is 1.02. The highest BCUT2D eigenvalue weighted by atomic mass is 16.4. The van der Waals surface area contributed by atoms with E-state index < -0.39 is 5.97 Å². The fraction of sp³-hybridized carbons (Fsp3) is 0.444. The molecule has 0 saturated carbocycles. The Hall–Kier alpha value is -1.09. The molecule has 0 bridgehead atoms. The van der Waals surface area contributed by atoms with Crippen molar-refractivity contribution in [2.75, 3.05) is 6.61 Å². The summed E-state index contributed by atoms with van der Waals surface area (Å²) < 4.78 is 0. The van der Waals surface area contributed by atoms with Crippen LogP contribution in [0, 0.1) is 0 Å². The molecular formula is C9H16O3. The van der Waals surface area contributed by atoms with E-state index in [1.807, 2.05) is 13.0 Å². The molecule has 12 heavy (non-hydrogen) atoms. The van der Waals surface area contributed by atoms with Gasteiger partial charge in [-0.15, -0.1) is 6.58 Å².